The summed E-state index contributed by atoms with van der Waals surface area (Å²) < 4.78 is 14.3. The molecule has 3 aliphatic rings. The Labute approximate surface area is 270 Å². The van der Waals surface area contributed by atoms with Crippen molar-refractivity contribution in [3.05, 3.63) is 63.6 Å². The molecule has 2 atom stereocenters. The summed E-state index contributed by atoms with van der Waals surface area (Å²) in [7, 11) is 0. The van der Waals surface area contributed by atoms with E-state index in [0.29, 0.717) is 29.7 Å². The Morgan fingerprint density at radius 1 is 1.13 bits per heavy atom. The number of carbonyl (C=O) groups excluding carboxylic acids is 4. The van der Waals surface area contributed by atoms with E-state index in [1.165, 1.54) is 17.8 Å². The van der Waals surface area contributed by atoms with Gasteiger partial charge in [-0.3, -0.25) is 19.3 Å². The van der Waals surface area contributed by atoms with Crippen molar-refractivity contribution in [3.63, 3.8) is 0 Å². The number of phenolic OH excluding ortho intramolecular Hbond substituents is 3. The number of nitrogens with one attached hydrogen (secondary N) is 2. The van der Waals surface area contributed by atoms with Gasteiger partial charge in [0.05, 0.1) is 48.4 Å². The van der Waals surface area contributed by atoms with Crippen LogP contribution in [0.4, 0.5) is 4.39 Å². The minimum absolute atomic E-state index is 0.0211. The van der Waals surface area contributed by atoms with E-state index in [-0.39, 0.29) is 40.7 Å². The highest BCUT2D eigenvalue weighted by atomic mass is 35.5. The van der Waals surface area contributed by atoms with E-state index in [9.17, 15) is 49.2 Å². The number of β-lactam (4-membered cyclic amide) rings is 1. The molecule has 3 aliphatic heterocycles. The second kappa shape index (κ2) is 13.1. The van der Waals surface area contributed by atoms with E-state index >= 15 is 0 Å². The summed E-state index contributed by atoms with van der Waals surface area (Å²) >= 11 is 7.24. The van der Waals surface area contributed by atoms with E-state index in [1.807, 2.05) is 0 Å². The number of quaternary nitrogens is 1. The van der Waals surface area contributed by atoms with E-state index in [4.69, 9.17) is 11.6 Å². The molecule has 0 spiro atoms. The number of carboxylic acid groups (broad SMARTS) is 1. The number of nitrogens with zero attached hydrogens (tertiary/aromatic N) is 3. The van der Waals surface area contributed by atoms with Gasteiger partial charge in [-0.15, -0.1) is 11.8 Å². The van der Waals surface area contributed by atoms with Crippen LogP contribution in [0.15, 0.2) is 46.8 Å². The van der Waals surface area contributed by atoms with Crippen molar-refractivity contribution in [2.24, 2.45) is 5.16 Å². The number of aliphatic carboxylic acids is 1. The molecule has 6 N–H and O–H groups in total. The number of benzene rings is 2. The number of aromatic hydroxyl groups is 3. The van der Waals surface area contributed by atoms with Gasteiger partial charge in [-0.25, -0.2) is 4.39 Å². The molecule has 46 heavy (non-hydrogen) atoms. The van der Waals surface area contributed by atoms with Crippen LogP contribution in [0, 0.1) is 5.82 Å². The summed E-state index contributed by atoms with van der Waals surface area (Å²) in [6.07, 6.45) is 1.73. The van der Waals surface area contributed by atoms with E-state index in [0.717, 1.165) is 42.0 Å². The molecule has 244 valence electrons. The van der Waals surface area contributed by atoms with Crippen LogP contribution in [0.1, 0.15) is 28.8 Å². The van der Waals surface area contributed by atoms with Gasteiger partial charge in [0.2, 0.25) is 0 Å². The standard InChI is InChI=1S/C29H29ClFN5O9S/c30-20-16(4-6-19(38)24(20)39)25(40)32-7-10-36(8-1-2-9-36)12-15-13-46-28-22(27(42)35(28)23(15)29(43)44)33-26(41)21(34-45)14-3-5-18(37)17(31)11-14/h3-6,11,22,28H,1-2,7-10,12-13H2,(H6-,32,33,34,37,38,39,40,41,43,44,45)/t22-,28-/m1/s1. The molecule has 2 aromatic carbocycles. The lowest BCUT2D eigenvalue weighted by Crippen LogP contribution is -2.72. The molecule has 0 radical (unpaired) electrons. The number of likely N-dealkylation sites (tertiary alicyclic amines) is 1. The summed E-state index contributed by atoms with van der Waals surface area (Å²) in [5.41, 5.74) is -0.605. The van der Waals surface area contributed by atoms with Gasteiger partial charge in [0.15, 0.2) is 28.8 Å². The predicted octanol–water partition coefficient (Wildman–Crippen LogP) is 0.219. The molecule has 3 heterocycles. The number of carbonyl (C=O) groups is 4. The van der Waals surface area contributed by atoms with Crippen molar-refractivity contribution in [1.29, 1.82) is 0 Å². The highest BCUT2D eigenvalue weighted by molar-refractivity contribution is 8.00. The first-order valence-electron chi connectivity index (χ1n) is 14.1. The zero-order valence-corrected chi connectivity index (χ0v) is 25.6. The molecular formula is C29H29ClFN5O9S. The normalized spacial score (nSPS) is 20.6. The lowest BCUT2D eigenvalue weighted by atomic mass is 10.0. The Bertz CT molecular complexity index is 1680. The van der Waals surface area contributed by atoms with Crippen LogP contribution in [-0.4, -0.2) is 109 Å². The van der Waals surface area contributed by atoms with Gasteiger partial charge in [0.25, 0.3) is 17.7 Å². The molecule has 5 rings (SSSR count). The smallest absolute Gasteiger partial charge is 0.274 e. The van der Waals surface area contributed by atoms with Crippen LogP contribution in [0.3, 0.4) is 0 Å². The molecule has 14 nitrogen and oxygen atoms in total. The minimum atomic E-state index is -1.55. The average molecular weight is 678 g/mol. The van der Waals surface area contributed by atoms with Gasteiger partial charge < -0.3 is 45.5 Å². The second-order valence-corrected chi connectivity index (χ2v) is 12.6. The number of amides is 3. The Balaban J connectivity index is 1.27. The molecule has 3 amide bonds. The fraction of sp³-hybridized carbons (Fsp3) is 0.345. The zero-order valence-electron chi connectivity index (χ0n) is 24.0. The number of hydrogen-bond donors (Lipinski definition) is 6. The highest BCUT2D eigenvalue weighted by Crippen LogP contribution is 2.41. The first-order valence-corrected chi connectivity index (χ1v) is 15.5. The van der Waals surface area contributed by atoms with Crippen molar-refractivity contribution in [1.82, 2.24) is 15.5 Å². The molecule has 0 bridgehead atoms. The monoisotopic (exact) mass is 677 g/mol. The lowest BCUT2D eigenvalue weighted by molar-refractivity contribution is -0.911. The maximum absolute atomic E-state index is 13.8. The third-order valence-corrected chi connectivity index (χ3v) is 10.0. The number of carboxylic acids is 1. The molecule has 17 heteroatoms. The van der Waals surface area contributed by atoms with Gasteiger partial charge in [0.1, 0.15) is 18.0 Å². The minimum Gasteiger partial charge on any atom is -0.543 e. The number of fused-ring (bicyclic) bond motifs is 1. The molecule has 2 fully saturated rings. The van der Waals surface area contributed by atoms with Crippen LogP contribution >= 0.6 is 23.4 Å². The summed E-state index contributed by atoms with van der Waals surface area (Å²) in [5, 5.41) is 57.6. The number of oxime groups is 1. The number of rotatable bonds is 10. The predicted molar refractivity (Wildman–Crippen MR) is 160 cm³/mol. The van der Waals surface area contributed by atoms with E-state index in [2.05, 4.69) is 15.8 Å². The second-order valence-electron chi connectivity index (χ2n) is 11.1. The molecule has 0 aromatic heterocycles. The Kier molecular flexibility index (Phi) is 9.32. The zero-order chi connectivity index (χ0) is 33.3. The fourth-order valence-corrected chi connectivity index (χ4v) is 7.58. The third kappa shape index (κ3) is 6.15. The van der Waals surface area contributed by atoms with Crippen molar-refractivity contribution in [2.45, 2.75) is 24.3 Å². The number of hydrogen-bond acceptors (Lipinski definition) is 11. The third-order valence-electron chi connectivity index (χ3n) is 8.32. The van der Waals surface area contributed by atoms with Gasteiger partial charge in [-0.2, -0.15) is 0 Å². The first-order chi connectivity index (χ1) is 21.9. The molecule has 2 saturated heterocycles. The van der Waals surface area contributed by atoms with Crippen LogP contribution < -0.4 is 15.7 Å². The van der Waals surface area contributed by atoms with Gasteiger partial charge >= 0.3 is 0 Å². The average Bonchev–Trinajstić information content (AvgIpc) is 3.48. The molecule has 2 aromatic rings. The van der Waals surface area contributed by atoms with E-state index < -0.39 is 63.9 Å². The Morgan fingerprint density at radius 2 is 1.83 bits per heavy atom. The van der Waals surface area contributed by atoms with Crippen LogP contribution in [0.2, 0.25) is 5.02 Å². The van der Waals surface area contributed by atoms with Gasteiger partial charge in [-0.1, -0.05) is 16.8 Å². The number of halogens is 2. The Hall–Kier alpha value is -4.54. The van der Waals surface area contributed by atoms with Crippen molar-refractivity contribution >= 4 is 52.8 Å². The summed E-state index contributed by atoms with van der Waals surface area (Å²) in [6, 6.07) is 4.17. The van der Waals surface area contributed by atoms with Crippen LogP contribution in [-0.2, 0) is 14.4 Å². The molecule has 0 aliphatic carbocycles. The SMILES string of the molecule is O=C([O-])C1=C(C[N+]2(CCNC(=O)c3ccc(O)c(O)c3Cl)CCCC2)CS[C@@H]2[C@H](NC(=O)/C(=N\O)c3ccc(O)c(F)c3)C(=O)N12. The molecule has 0 unspecified atom stereocenters. The van der Waals surface area contributed by atoms with Gasteiger partial charge in [-0.05, 0) is 30.3 Å². The van der Waals surface area contributed by atoms with Gasteiger partial charge in [0, 0.05) is 29.7 Å². The topological polar surface area (TPSA) is 212 Å². The summed E-state index contributed by atoms with van der Waals surface area (Å²) in [5.74, 6) is -6.43. The number of thioether (sulfide) groups is 1. The maximum atomic E-state index is 13.8. The quantitative estimate of drug-likeness (QED) is 0.0503. The highest BCUT2D eigenvalue weighted by Gasteiger charge is 2.54. The van der Waals surface area contributed by atoms with Crippen molar-refractivity contribution in [3.8, 4) is 17.2 Å². The van der Waals surface area contributed by atoms with Crippen molar-refractivity contribution in [2.75, 3.05) is 38.5 Å². The van der Waals surface area contributed by atoms with Crippen molar-refractivity contribution < 1.29 is 53.7 Å². The fourth-order valence-electron chi connectivity index (χ4n) is 5.99. The summed E-state index contributed by atoms with van der Waals surface area (Å²) in [4.78, 5) is 52.2. The maximum Gasteiger partial charge on any atom is 0.274 e. The first kappa shape index (κ1) is 32.8. The Morgan fingerprint density at radius 3 is 2.48 bits per heavy atom. The van der Waals surface area contributed by atoms with Crippen LogP contribution in [0.25, 0.3) is 0 Å². The largest absolute Gasteiger partial charge is 0.543 e. The molecular weight excluding hydrogens is 649 g/mol. The number of phenols is 3. The summed E-state index contributed by atoms with van der Waals surface area (Å²) in [6.45, 7) is 2.29. The molecule has 0 saturated carbocycles. The van der Waals surface area contributed by atoms with E-state index in [1.54, 1.807) is 0 Å². The lowest BCUT2D eigenvalue weighted by Gasteiger charge is -2.51. The van der Waals surface area contributed by atoms with Crippen LogP contribution in [0.5, 0.6) is 17.2 Å².